The van der Waals surface area contributed by atoms with Crippen LogP contribution in [0.3, 0.4) is 0 Å². The molecule has 1 unspecified atom stereocenters. The van der Waals surface area contributed by atoms with E-state index in [4.69, 9.17) is 0 Å². The first-order valence-corrected chi connectivity index (χ1v) is 11.0. The van der Waals surface area contributed by atoms with Crippen molar-refractivity contribution in [3.8, 4) is 0 Å². The van der Waals surface area contributed by atoms with E-state index in [9.17, 15) is 0 Å². The van der Waals surface area contributed by atoms with E-state index in [1.54, 1.807) is 0 Å². The Morgan fingerprint density at radius 3 is 2.50 bits per heavy atom. The SMILES string of the molecule is CN=C(NCc1ccc(N2CC=CC2)cc1)NC1CCCN(Cc2ccccc2)C1. The Labute approximate surface area is 180 Å². The molecule has 0 amide bonds. The Morgan fingerprint density at radius 1 is 1.00 bits per heavy atom. The van der Waals surface area contributed by atoms with Crippen LogP contribution < -0.4 is 15.5 Å². The van der Waals surface area contributed by atoms with Crippen molar-refractivity contribution in [1.29, 1.82) is 0 Å². The fourth-order valence-electron chi connectivity index (χ4n) is 4.25. The Kier molecular flexibility index (Phi) is 7.03. The summed E-state index contributed by atoms with van der Waals surface area (Å²) in [6.07, 6.45) is 6.84. The number of aliphatic imine (C=N–C) groups is 1. The third-order valence-electron chi connectivity index (χ3n) is 5.90. The van der Waals surface area contributed by atoms with Gasteiger partial charge < -0.3 is 15.5 Å². The summed E-state index contributed by atoms with van der Waals surface area (Å²) in [5, 5.41) is 7.11. The van der Waals surface area contributed by atoms with Crippen LogP contribution in [0.2, 0.25) is 0 Å². The molecule has 2 N–H and O–H groups in total. The van der Waals surface area contributed by atoms with Crippen molar-refractivity contribution in [1.82, 2.24) is 15.5 Å². The van der Waals surface area contributed by atoms with E-state index >= 15 is 0 Å². The smallest absolute Gasteiger partial charge is 0.191 e. The lowest BCUT2D eigenvalue weighted by molar-refractivity contribution is 0.192. The van der Waals surface area contributed by atoms with Gasteiger partial charge in [-0.3, -0.25) is 9.89 Å². The van der Waals surface area contributed by atoms with Crippen molar-refractivity contribution >= 4 is 11.6 Å². The minimum absolute atomic E-state index is 0.429. The standard InChI is InChI=1S/C25H33N5/c1-26-25(27-18-21-11-13-24(14-12-21)30-16-5-6-17-30)28-23-10-7-15-29(20-23)19-22-8-3-2-4-9-22/h2-6,8-9,11-14,23H,7,10,15-20H2,1H3,(H2,26,27,28). The van der Waals surface area contributed by atoms with Crippen LogP contribution in [0.1, 0.15) is 24.0 Å². The lowest BCUT2D eigenvalue weighted by Gasteiger charge is -2.34. The normalized spacial score (nSPS) is 19.8. The quantitative estimate of drug-likeness (QED) is 0.441. The van der Waals surface area contributed by atoms with Gasteiger partial charge in [0.2, 0.25) is 0 Å². The number of likely N-dealkylation sites (tertiary alicyclic amines) is 1. The molecular formula is C25H33N5. The van der Waals surface area contributed by atoms with Crippen LogP contribution in [0.4, 0.5) is 5.69 Å². The topological polar surface area (TPSA) is 42.9 Å². The maximum absolute atomic E-state index is 4.45. The summed E-state index contributed by atoms with van der Waals surface area (Å²) < 4.78 is 0. The first kappa shape index (κ1) is 20.5. The summed E-state index contributed by atoms with van der Waals surface area (Å²) in [4.78, 5) is 9.35. The molecule has 5 nitrogen and oxygen atoms in total. The lowest BCUT2D eigenvalue weighted by Crippen LogP contribution is -2.50. The lowest BCUT2D eigenvalue weighted by atomic mass is 10.0. The van der Waals surface area contributed by atoms with E-state index in [1.807, 2.05) is 7.05 Å². The number of guanidine groups is 1. The Balaban J connectivity index is 1.25. The van der Waals surface area contributed by atoms with Crippen molar-refractivity contribution in [2.45, 2.75) is 32.0 Å². The molecule has 1 fully saturated rings. The monoisotopic (exact) mass is 403 g/mol. The minimum atomic E-state index is 0.429. The zero-order chi connectivity index (χ0) is 20.6. The molecule has 0 aromatic heterocycles. The second-order valence-corrected chi connectivity index (χ2v) is 8.17. The highest BCUT2D eigenvalue weighted by Crippen LogP contribution is 2.18. The third kappa shape index (κ3) is 5.63. The molecule has 2 aromatic carbocycles. The van der Waals surface area contributed by atoms with Crippen LogP contribution in [0.5, 0.6) is 0 Å². The first-order valence-electron chi connectivity index (χ1n) is 11.0. The van der Waals surface area contributed by atoms with Crippen molar-refractivity contribution in [3.63, 3.8) is 0 Å². The average Bonchev–Trinajstić information content (AvgIpc) is 3.33. The third-order valence-corrected chi connectivity index (χ3v) is 5.90. The summed E-state index contributed by atoms with van der Waals surface area (Å²) in [5.74, 6) is 0.884. The molecule has 1 saturated heterocycles. The van der Waals surface area contributed by atoms with Gasteiger partial charge in [0, 0.05) is 51.5 Å². The molecular weight excluding hydrogens is 370 g/mol. The molecule has 0 spiro atoms. The molecule has 5 heteroatoms. The molecule has 4 rings (SSSR count). The summed E-state index contributed by atoms with van der Waals surface area (Å²) in [6.45, 7) is 6.03. The summed E-state index contributed by atoms with van der Waals surface area (Å²) in [6, 6.07) is 20.0. The predicted molar refractivity (Wildman–Crippen MR) is 126 cm³/mol. The van der Waals surface area contributed by atoms with Crippen LogP contribution >= 0.6 is 0 Å². The van der Waals surface area contributed by atoms with Gasteiger partial charge in [-0.1, -0.05) is 54.6 Å². The van der Waals surface area contributed by atoms with Crippen LogP contribution in [-0.4, -0.2) is 50.1 Å². The molecule has 2 aromatic rings. The first-order chi connectivity index (χ1) is 14.8. The van der Waals surface area contributed by atoms with E-state index in [0.717, 1.165) is 45.2 Å². The highest BCUT2D eigenvalue weighted by Gasteiger charge is 2.20. The molecule has 0 bridgehead atoms. The predicted octanol–water partition coefficient (Wildman–Crippen LogP) is 3.39. The number of nitrogens with one attached hydrogen (secondary N) is 2. The van der Waals surface area contributed by atoms with Crippen LogP contribution in [0.15, 0.2) is 71.7 Å². The van der Waals surface area contributed by atoms with Gasteiger partial charge in [-0.05, 0) is 42.6 Å². The molecule has 2 aliphatic heterocycles. The summed E-state index contributed by atoms with van der Waals surface area (Å²) >= 11 is 0. The second-order valence-electron chi connectivity index (χ2n) is 8.17. The summed E-state index contributed by atoms with van der Waals surface area (Å²) in [5.41, 5.74) is 3.93. The number of hydrogen-bond acceptors (Lipinski definition) is 3. The number of anilines is 1. The Hall–Kier alpha value is -2.79. The number of hydrogen-bond donors (Lipinski definition) is 2. The highest BCUT2D eigenvalue weighted by molar-refractivity contribution is 5.80. The highest BCUT2D eigenvalue weighted by atomic mass is 15.2. The molecule has 2 heterocycles. The minimum Gasteiger partial charge on any atom is -0.364 e. The fraction of sp³-hybridized carbons (Fsp3) is 0.400. The van der Waals surface area contributed by atoms with Gasteiger partial charge in [0.25, 0.3) is 0 Å². The molecule has 1 atom stereocenters. The van der Waals surface area contributed by atoms with Crippen molar-refractivity contribution in [2.75, 3.05) is 38.1 Å². The number of benzene rings is 2. The molecule has 0 radical (unpaired) electrons. The Morgan fingerprint density at radius 2 is 1.77 bits per heavy atom. The van der Waals surface area contributed by atoms with Gasteiger partial charge in [0.15, 0.2) is 5.96 Å². The molecule has 2 aliphatic rings. The van der Waals surface area contributed by atoms with Gasteiger partial charge in [-0.25, -0.2) is 0 Å². The largest absolute Gasteiger partial charge is 0.364 e. The Bertz CT molecular complexity index is 836. The summed E-state index contributed by atoms with van der Waals surface area (Å²) in [7, 11) is 1.85. The molecule has 30 heavy (non-hydrogen) atoms. The molecule has 0 saturated carbocycles. The fourth-order valence-corrected chi connectivity index (χ4v) is 4.25. The average molecular weight is 404 g/mol. The van der Waals surface area contributed by atoms with Crippen molar-refractivity contribution in [2.24, 2.45) is 4.99 Å². The number of piperidine rings is 1. The van der Waals surface area contributed by atoms with E-state index < -0.39 is 0 Å². The van der Waals surface area contributed by atoms with Crippen LogP contribution in [-0.2, 0) is 13.1 Å². The number of nitrogens with zero attached hydrogens (tertiary/aromatic N) is 3. The van der Waals surface area contributed by atoms with Crippen molar-refractivity contribution in [3.05, 3.63) is 77.9 Å². The maximum atomic E-state index is 4.45. The zero-order valence-corrected chi connectivity index (χ0v) is 17.9. The van der Waals surface area contributed by atoms with Crippen LogP contribution in [0, 0.1) is 0 Å². The van der Waals surface area contributed by atoms with Gasteiger partial charge in [0.1, 0.15) is 0 Å². The van der Waals surface area contributed by atoms with E-state index in [0.29, 0.717) is 6.04 Å². The van der Waals surface area contributed by atoms with Gasteiger partial charge in [0.05, 0.1) is 0 Å². The van der Waals surface area contributed by atoms with Gasteiger partial charge in [-0.15, -0.1) is 0 Å². The maximum Gasteiger partial charge on any atom is 0.191 e. The van der Waals surface area contributed by atoms with Crippen molar-refractivity contribution < 1.29 is 0 Å². The van der Waals surface area contributed by atoms with Gasteiger partial charge >= 0.3 is 0 Å². The van der Waals surface area contributed by atoms with E-state index in [1.165, 1.54) is 29.7 Å². The molecule has 158 valence electrons. The van der Waals surface area contributed by atoms with E-state index in [2.05, 4.69) is 92.2 Å². The van der Waals surface area contributed by atoms with Gasteiger partial charge in [-0.2, -0.15) is 0 Å². The number of rotatable bonds is 6. The molecule has 0 aliphatic carbocycles. The second kappa shape index (κ2) is 10.3. The zero-order valence-electron chi connectivity index (χ0n) is 17.9. The van der Waals surface area contributed by atoms with Crippen LogP contribution in [0.25, 0.3) is 0 Å². The van der Waals surface area contributed by atoms with E-state index in [-0.39, 0.29) is 0 Å².